The molecule has 0 radical (unpaired) electrons. The fraction of sp³-hybridized carbons (Fsp3) is 0.167. The molecule has 0 atom stereocenters. The van der Waals surface area contributed by atoms with Gasteiger partial charge in [0.25, 0.3) is 5.91 Å². The summed E-state index contributed by atoms with van der Waals surface area (Å²) in [7, 11) is 3.93. The number of amides is 1. The van der Waals surface area contributed by atoms with Crippen LogP contribution in [0.3, 0.4) is 0 Å². The molecule has 0 aliphatic rings. The van der Waals surface area contributed by atoms with E-state index in [9.17, 15) is 4.79 Å². The largest absolute Gasteiger partial charge is 0.378 e. The van der Waals surface area contributed by atoms with E-state index in [1.807, 2.05) is 36.5 Å². The summed E-state index contributed by atoms with van der Waals surface area (Å²) in [6.45, 7) is 0. The molecule has 2 rings (SSSR count). The molecular formula is C12H13N3OS. The Morgan fingerprint density at radius 1 is 1.29 bits per heavy atom. The van der Waals surface area contributed by atoms with Crippen molar-refractivity contribution in [1.29, 1.82) is 0 Å². The van der Waals surface area contributed by atoms with Gasteiger partial charge >= 0.3 is 0 Å². The Labute approximate surface area is 104 Å². The van der Waals surface area contributed by atoms with E-state index in [-0.39, 0.29) is 5.91 Å². The number of nitrogens with one attached hydrogen (secondary N) is 1. The van der Waals surface area contributed by atoms with Crippen molar-refractivity contribution in [3.63, 3.8) is 0 Å². The number of carbonyl (C=O) groups excluding carboxylic acids is 1. The van der Waals surface area contributed by atoms with Crippen LogP contribution in [-0.2, 0) is 0 Å². The van der Waals surface area contributed by atoms with Gasteiger partial charge in [-0.1, -0.05) is 0 Å². The van der Waals surface area contributed by atoms with E-state index in [0.717, 1.165) is 5.69 Å². The van der Waals surface area contributed by atoms with E-state index < -0.39 is 0 Å². The van der Waals surface area contributed by atoms with Crippen molar-refractivity contribution < 1.29 is 4.79 Å². The van der Waals surface area contributed by atoms with Crippen LogP contribution < -0.4 is 10.2 Å². The van der Waals surface area contributed by atoms with Crippen molar-refractivity contribution in [3.8, 4) is 0 Å². The molecule has 0 fully saturated rings. The molecule has 0 saturated carbocycles. The molecule has 0 aliphatic heterocycles. The van der Waals surface area contributed by atoms with Crippen LogP contribution in [0.5, 0.6) is 0 Å². The Hall–Kier alpha value is -1.88. The number of nitrogens with zero attached hydrogens (tertiary/aromatic N) is 2. The van der Waals surface area contributed by atoms with Crippen LogP contribution in [0, 0.1) is 0 Å². The van der Waals surface area contributed by atoms with Crippen LogP contribution in [0.2, 0.25) is 0 Å². The van der Waals surface area contributed by atoms with Gasteiger partial charge in [0.05, 0.1) is 0 Å². The lowest BCUT2D eigenvalue weighted by Gasteiger charge is -2.12. The number of hydrogen-bond donors (Lipinski definition) is 1. The molecule has 1 aromatic carbocycles. The van der Waals surface area contributed by atoms with E-state index in [2.05, 4.69) is 10.3 Å². The van der Waals surface area contributed by atoms with Gasteiger partial charge in [-0.2, -0.15) is 0 Å². The SMILES string of the molecule is CN(C)c1ccc(C(=O)Nc2nccs2)cc1. The minimum absolute atomic E-state index is 0.134. The maximum atomic E-state index is 11.8. The Bertz CT molecular complexity index is 491. The molecule has 0 spiro atoms. The normalized spacial score (nSPS) is 10.0. The van der Waals surface area contributed by atoms with E-state index in [4.69, 9.17) is 0 Å². The maximum Gasteiger partial charge on any atom is 0.257 e. The van der Waals surface area contributed by atoms with Crippen LogP contribution in [0.15, 0.2) is 35.8 Å². The van der Waals surface area contributed by atoms with Crippen LogP contribution in [0.4, 0.5) is 10.8 Å². The third-order valence-corrected chi connectivity index (χ3v) is 2.99. The second kappa shape index (κ2) is 4.97. The van der Waals surface area contributed by atoms with Gasteiger partial charge in [-0.15, -0.1) is 11.3 Å². The molecule has 1 amide bonds. The predicted molar refractivity (Wildman–Crippen MR) is 70.8 cm³/mol. The van der Waals surface area contributed by atoms with Crippen LogP contribution in [0.1, 0.15) is 10.4 Å². The quantitative estimate of drug-likeness (QED) is 0.906. The number of thiazole rings is 1. The smallest absolute Gasteiger partial charge is 0.257 e. The van der Waals surface area contributed by atoms with Gasteiger partial charge in [0, 0.05) is 36.9 Å². The van der Waals surface area contributed by atoms with Crippen molar-refractivity contribution in [2.75, 3.05) is 24.3 Å². The van der Waals surface area contributed by atoms with E-state index in [0.29, 0.717) is 10.7 Å². The van der Waals surface area contributed by atoms with E-state index >= 15 is 0 Å². The van der Waals surface area contributed by atoms with E-state index in [1.54, 1.807) is 18.3 Å². The van der Waals surface area contributed by atoms with Crippen molar-refractivity contribution in [2.45, 2.75) is 0 Å². The average molecular weight is 247 g/mol. The molecule has 5 heteroatoms. The highest BCUT2D eigenvalue weighted by atomic mass is 32.1. The van der Waals surface area contributed by atoms with E-state index in [1.165, 1.54) is 11.3 Å². The zero-order valence-electron chi connectivity index (χ0n) is 9.68. The number of rotatable bonds is 3. The third-order valence-electron chi connectivity index (χ3n) is 2.30. The fourth-order valence-corrected chi connectivity index (χ4v) is 1.89. The monoisotopic (exact) mass is 247 g/mol. The lowest BCUT2D eigenvalue weighted by atomic mass is 10.2. The zero-order chi connectivity index (χ0) is 12.3. The summed E-state index contributed by atoms with van der Waals surface area (Å²) in [5.41, 5.74) is 1.70. The van der Waals surface area contributed by atoms with Crippen LogP contribution >= 0.6 is 11.3 Å². The first-order valence-electron chi connectivity index (χ1n) is 5.15. The van der Waals surface area contributed by atoms with Gasteiger partial charge in [0.15, 0.2) is 5.13 Å². The molecule has 4 nitrogen and oxygen atoms in total. The predicted octanol–water partition coefficient (Wildman–Crippen LogP) is 2.46. The van der Waals surface area contributed by atoms with Crippen molar-refractivity contribution in [3.05, 3.63) is 41.4 Å². The first-order valence-corrected chi connectivity index (χ1v) is 6.03. The number of hydrogen-bond acceptors (Lipinski definition) is 4. The van der Waals surface area contributed by atoms with Crippen molar-refractivity contribution in [1.82, 2.24) is 4.98 Å². The molecule has 1 aromatic heterocycles. The molecule has 1 N–H and O–H groups in total. The fourth-order valence-electron chi connectivity index (χ4n) is 1.37. The number of benzene rings is 1. The molecule has 0 saturated heterocycles. The summed E-state index contributed by atoms with van der Waals surface area (Å²) >= 11 is 1.40. The number of aromatic nitrogens is 1. The van der Waals surface area contributed by atoms with Gasteiger partial charge in [-0.25, -0.2) is 4.98 Å². The highest BCUT2D eigenvalue weighted by Gasteiger charge is 2.07. The van der Waals surface area contributed by atoms with Gasteiger partial charge in [0.2, 0.25) is 0 Å². The average Bonchev–Trinajstić information content (AvgIpc) is 2.82. The highest BCUT2D eigenvalue weighted by Crippen LogP contribution is 2.15. The molecule has 17 heavy (non-hydrogen) atoms. The molecule has 0 aliphatic carbocycles. The lowest BCUT2D eigenvalue weighted by molar-refractivity contribution is 0.102. The first kappa shape index (κ1) is 11.6. The number of carbonyl (C=O) groups is 1. The third kappa shape index (κ3) is 2.82. The van der Waals surface area contributed by atoms with Gasteiger partial charge in [-0.3, -0.25) is 10.1 Å². The molecule has 0 unspecified atom stereocenters. The summed E-state index contributed by atoms with van der Waals surface area (Å²) in [5, 5.41) is 5.18. The summed E-state index contributed by atoms with van der Waals surface area (Å²) in [6, 6.07) is 7.43. The Morgan fingerprint density at radius 3 is 2.53 bits per heavy atom. The lowest BCUT2D eigenvalue weighted by Crippen LogP contribution is -2.12. The van der Waals surface area contributed by atoms with Gasteiger partial charge < -0.3 is 4.90 Å². The summed E-state index contributed by atoms with van der Waals surface area (Å²) in [4.78, 5) is 17.8. The van der Waals surface area contributed by atoms with Crippen molar-refractivity contribution >= 4 is 28.1 Å². The summed E-state index contributed by atoms with van der Waals surface area (Å²) < 4.78 is 0. The minimum Gasteiger partial charge on any atom is -0.378 e. The molecule has 88 valence electrons. The van der Waals surface area contributed by atoms with Gasteiger partial charge in [0.1, 0.15) is 0 Å². The van der Waals surface area contributed by atoms with Crippen LogP contribution in [0.25, 0.3) is 0 Å². The Kier molecular flexibility index (Phi) is 3.39. The molecule has 0 bridgehead atoms. The van der Waals surface area contributed by atoms with Crippen LogP contribution in [-0.4, -0.2) is 25.0 Å². The molecule has 1 heterocycles. The highest BCUT2D eigenvalue weighted by molar-refractivity contribution is 7.13. The Morgan fingerprint density at radius 2 is 2.00 bits per heavy atom. The summed E-state index contributed by atoms with van der Waals surface area (Å²) in [6.07, 6.45) is 1.66. The maximum absolute atomic E-state index is 11.8. The first-order chi connectivity index (χ1) is 8.16. The topological polar surface area (TPSA) is 45.2 Å². The number of anilines is 2. The second-order valence-corrected chi connectivity index (χ2v) is 4.63. The molecular weight excluding hydrogens is 234 g/mol. The van der Waals surface area contributed by atoms with Crippen molar-refractivity contribution in [2.24, 2.45) is 0 Å². The second-order valence-electron chi connectivity index (χ2n) is 3.73. The van der Waals surface area contributed by atoms with Gasteiger partial charge in [-0.05, 0) is 24.3 Å². The zero-order valence-corrected chi connectivity index (χ0v) is 10.5. The standard InChI is InChI=1S/C12H13N3OS/c1-15(2)10-5-3-9(4-6-10)11(16)14-12-13-7-8-17-12/h3-8H,1-2H3,(H,13,14,16). The Balaban J connectivity index is 2.09. The summed E-state index contributed by atoms with van der Waals surface area (Å²) in [5.74, 6) is -0.134. The minimum atomic E-state index is -0.134. The molecule has 2 aromatic rings.